The molecule has 0 aromatic heterocycles. The van der Waals surface area contributed by atoms with Gasteiger partial charge in [0.1, 0.15) is 0 Å². The van der Waals surface area contributed by atoms with Crippen molar-refractivity contribution in [2.75, 3.05) is 6.61 Å². The van der Waals surface area contributed by atoms with Crippen molar-refractivity contribution in [3.63, 3.8) is 0 Å². The highest BCUT2D eigenvalue weighted by Gasteiger charge is 2.14. The number of rotatable bonds is 6. The van der Waals surface area contributed by atoms with E-state index in [1.807, 2.05) is 20.8 Å². The quantitative estimate of drug-likeness (QED) is 0.626. The first-order chi connectivity index (χ1) is 8.83. The number of hydrogen-bond donors (Lipinski definition) is 1. The van der Waals surface area contributed by atoms with Crippen LogP contribution in [0, 0.1) is 11.6 Å². The molecule has 106 valence electrons. The summed E-state index contributed by atoms with van der Waals surface area (Å²) in [5.41, 5.74) is 0.451. The second-order valence-electron chi connectivity index (χ2n) is 5.42. The van der Waals surface area contributed by atoms with Crippen molar-refractivity contribution in [2.45, 2.75) is 39.3 Å². The second-order valence-corrected chi connectivity index (χ2v) is 5.42. The van der Waals surface area contributed by atoms with E-state index in [0.717, 1.165) is 0 Å². The molecule has 4 heteroatoms. The third-order valence-electron chi connectivity index (χ3n) is 2.45. The Labute approximate surface area is 113 Å². The SMILES string of the molecule is C=CCCOc1c(F)cc(CNC(C)(C)C)cc1F. The van der Waals surface area contributed by atoms with E-state index in [4.69, 9.17) is 4.74 Å². The number of nitrogens with one attached hydrogen (secondary N) is 1. The topological polar surface area (TPSA) is 21.3 Å². The lowest BCUT2D eigenvalue weighted by Gasteiger charge is -2.20. The summed E-state index contributed by atoms with van der Waals surface area (Å²) in [7, 11) is 0. The molecular weight excluding hydrogens is 248 g/mol. The van der Waals surface area contributed by atoms with E-state index in [9.17, 15) is 8.78 Å². The zero-order valence-corrected chi connectivity index (χ0v) is 11.7. The summed E-state index contributed by atoms with van der Waals surface area (Å²) in [4.78, 5) is 0. The molecular formula is C15H21F2NO. The fourth-order valence-electron chi connectivity index (χ4n) is 1.46. The molecule has 0 aliphatic carbocycles. The van der Waals surface area contributed by atoms with Gasteiger partial charge in [0.05, 0.1) is 6.61 Å². The van der Waals surface area contributed by atoms with Gasteiger partial charge in [-0.2, -0.15) is 0 Å². The third-order valence-corrected chi connectivity index (χ3v) is 2.45. The summed E-state index contributed by atoms with van der Waals surface area (Å²) in [6.07, 6.45) is 2.18. The first kappa shape index (κ1) is 15.6. The molecule has 0 aliphatic heterocycles. The van der Waals surface area contributed by atoms with Crippen LogP contribution in [0.15, 0.2) is 24.8 Å². The van der Waals surface area contributed by atoms with Crippen molar-refractivity contribution >= 4 is 0 Å². The van der Waals surface area contributed by atoms with Crippen molar-refractivity contribution in [1.29, 1.82) is 0 Å². The van der Waals surface area contributed by atoms with Gasteiger partial charge < -0.3 is 10.1 Å². The molecule has 0 atom stereocenters. The molecule has 0 spiro atoms. The van der Waals surface area contributed by atoms with Crippen molar-refractivity contribution in [2.24, 2.45) is 0 Å². The van der Waals surface area contributed by atoms with E-state index in [0.29, 0.717) is 18.5 Å². The fourth-order valence-corrected chi connectivity index (χ4v) is 1.46. The molecule has 1 rings (SSSR count). The summed E-state index contributed by atoms with van der Waals surface area (Å²) >= 11 is 0. The lowest BCUT2D eigenvalue weighted by Crippen LogP contribution is -2.35. The standard InChI is InChI=1S/C15H21F2NO/c1-5-6-7-19-14-12(16)8-11(9-13(14)17)10-18-15(2,3)4/h5,8-9,18H,1,6-7,10H2,2-4H3. The van der Waals surface area contributed by atoms with Gasteiger partial charge in [0, 0.05) is 12.1 Å². The third kappa shape index (κ3) is 5.39. The largest absolute Gasteiger partial charge is 0.487 e. The van der Waals surface area contributed by atoms with E-state index in [2.05, 4.69) is 11.9 Å². The molecule has 0 bridgehead atoms. The van der Waals surface area contributed by atoms with Crippen molar-refractivity contribution in [3.8, 4) is 5.75 Å². The molecule has 1 N–H and O–H groups in total. The minimum Gasteiger partial charge on any atom is -0.487 e. The molecule has 0 heterocycles. The summed E-state index contributed by atoms with van der Waals surface area (Å²) in [6, 6.07) is 2.59. The van der Waals surface area contributed by atoms with Crippen molar-refractivity contribution < 1.29 is 13.5 Å². The number of hydrogen-bond acceptors (Lipinski definition) is 2. The highest BCUT2D eigenvalue weighted by atomic mass is 19.1. The lowest BCUT2D eigenvalue weighted by molar-refractivity contribution is 0.290. The zero-order valence-electron chi connectivity index (χ0n) is 11.7. The van der Waals surface area contributed by atoms with E-state index in [-0.39, 0.29) is 17.9 Å². The van der Waals surface area contributed by atoms with Crippen LogP contribution in [0.4, 0.5) is 8.78 Å². The van der Waals surface area contributed by atoms with E-state index in [1.54, 1.807) is 6.08 Å². The average Bonchev–Trinajstić information content (AvgIpc) is 2.29. The summed E-state index contributed by atoms with van der Waals surface area (Å²) in [5, 5.41) is 3.18. The molecule has 0 radical (unpaired) electrons. The Kier molecular flexibility index (Phi) is 5.48. The van der Waals surface area contributed by atoms with Gasteiger partial charge in [-0.1, -0.05) is 6.08 Å². The molecule has 0 amide bonds. The maximum atomic E-state index is 13.7. The number of halogens is 2. The molecule has 0 saturated heterocycles. The van der Waals surface area contributed by atoms with Gasteiger partial charge in [-0.3, -0.25) is 0 Å². The van der Waals surface area contributed by atoms with Crippen LogP contribution < -0.4 is 10.1 Å². The predicted molar refractivity (Wildman–Crippen MR) is 73.3 cm³/mol. The normalized spacial score (nSPS) is 11.4. The highest BCUT2D eigenvalue weighted by Crippen LogP contribution is 2.23. The minimum absolute atomic E-state index is 0.105. The van der Waals surface area contributed by atoms with Crippen LogP contribution >= 0.6 is 0 Å². The smallest absolute Gasteiger partial charge is 0.190 e. The molecule has 1 aromatic carbocycles. The summed E-state index contributed by atoms with van der Waals surface area (Å²) < 4.78 is 32.5. The van der Waals surface area contributed by atoms with Gasteiger partial charge in [-0.25, -0.2) is 8.78 Å². The lowest BCUT2D eigenvalue weighted by atomic mass is 10.1. The molecule has 0 unspecified atom stereocenters. The Morgan fingerprint density at radius 3 is 2.32 bits per heavy atom. The Morgan fingerprint density at radius 1 is 1.26 bits per heavy atom. The van der Waals surface area contributed by atoms with E-state index >= 15 is 0 Å². The fraction of sp³-hybridized carbons (Fsp3) is 0.467. The van der Waals surface area contributed by atoms with Crippen LogP contribution in [0.25, 0.3) is 0 Å². The minimum atomic E-state index is -0.672. The zero-order chi connectivity index (χ0) is 14.5. The first-order valence-corrected chi connectivity index (χ1v) is 6.30. The molecule has 19 heavy (non-hydrogen) atoms. The number of benzene rings is 1. The van der Waals surface area contributed by atoms with E-state index < -0.39 is 11.6 Å². The van der Waals surface area contributed by atoms with Crippen LogP contribution in [0.3, 0.4) is 0 Å². The van der Waals surface area contributed by atoms with Gasteiger partial charge in [-0.15, -0.1) is 6.58 Å². The Hall–Kier alpha value is -1.42. The van der Waals surface area contributed by atoms with Gasteiger partial charge in [-0.05, 0) is 44.9 Å². The van der Waals surface area contributed by atoms with Crippen LogP contribution in [0.1, 0.15) is 32.8 Å². The Balaban J connectivity index is 2.75. The van der Waals surface area contributed by atoms with Crippen molar-refractivity contribution in [1.82, 2.24) is 5.32 Å². The van der Waals surface area contributed by atoms with Gasteiger partial charge in [0.25, 0.3) is 0 Å². The van der Waals surface area contributed by atoms with Crippen LogP contribution in [0.2, 0.25) is 0 Å². The Bertz CT molecular complexity index is 415. The Morgan fingerprint density at radius 2 is 1.84 bits per heavy atom. The van der Waals surface area contributed by atoms with E-state index in [1.165, 1.54) is 12.1 Å². The average molecular weight is 269 g/mol. The molecule has 0 saturated carbocycles. The summed E-state index contributed by atoms with van der Waals surface area (Å²) in [6.45, 7) is 10.1. The summed E-state index contributed by atoms with van der Waals surface area (Å²) in [5.74, 6) is -1.66. The van der Waals surface area contributed by atoms with Crippen LogP contribution in [0.5, 0.6) is 5.75 Å². The molecule has 2 nitrogen and oxygen atoms in total. The van der Waals surface area contributed by atoms with Gasteiger partial charge in [0.2, 0.25) is 0 Å². The molecule has 0 aliphatic rings. The maximum absolute atomic E-state index is 13.7. The van der Waals surface area contributed by atoms with Crippen LogP contribution in [-0.2, 0) is 6.54 Å². The number of ether oxygens (including phenoxy) is 1. The second kappa shape index (κ2) is 6.66. The molecule has 0 fully saturated rings. The van der Waals surface area contributed by atoms with Gasteiger partial charge >= 0.3 is 0 Å². The van der Waals surface area contributed by atoms with Crippen molar-refractivity contribution in [3.05, 3.63) is 42.0 Å². The van der Waals surface area contributed by atoms with Crippen LogP contribution in [-0.4, -0.2) is 12.1 Å². The monoisotopic (exact) mass is 269 g/mol. The predicted octanol–water partition coefficient (Wildman–Crippen LogP) is 3.81. The van der Waals surface area contributed by atoms with Gasteiger partial charge in [0.15, 0.2) is 17.4 Å². The first-order valence-electron chi connectivity index (χ1n) is 6.30. The molecule has 1 aromatic rings. The maximum Gasteiger partial charge on any atom is 0.190 e. The highest BCUT2D eigenvalue weighted by molar-refractivity contribution is 5.31.